The molecule has 0 aromatic heterocycles. The summed E-state index contributed by atoms with van der Waals surface area (Å²) in [5, 5.41) is 53.8. The Morgan fingerprint density at radius 3 is 1.20 bits per heavy atom. The number of nitrogens with two attached hydrogens (primary N) is 1. The average molecular weight is 1220 g/mol. The fourth-order valence-electron chi connectivity index (χ4n) is 7.99. The Hall–Kier alpha value is -8.72. The third-order valence-electron chi connectivity index (χ3n) is 11.7. The summed E-state index contributed by atoms with van der Waals surface area (Å²) < 4.78 is 206. The molecule has 0 fully saturated rings. The van der Waals surface area contributed by atoms with Gasteiger partial charge in [0.2, 0.25) is 0 Å². The minimum Gasteiger partial charge on any atom is -0.507 e. The molecule has 0 amide bonds. The number of nitrogen functional groups attached to an aromatic ring is 1. The molecule has 0 aliphatic rings. The number of phenols is 2. The molecule has 0 radical (unpaired) electrons. The number of anilines is 1. The molecule has 0 bridgehead atoms. The lowest BCUT2D eigenvalue weighted by atomic mass is 10.1. The number of benzene rings is 9. The third-order valence-corrected chi connectivity index (χ3v) is 16.8. The molecule has 0 heterocycles. The first-order chi connectivity index (χ1) is 37.7. The van der Waals surface area contributed by atoms with Crippen LogP contribution in [-0.4, -0.2) is 88.0 Å². The van der Waals surface area contributed by atoms with Crippen LogP contribution in [0.15, 0.2) is 198 Å². The van der Waals surface area contributed by atoms with Crippen LogP contribution in [0, 0.1) is 0 Å². The molecule has 0 aliphatic heterocycles. The van der Waals surface area contributed by atoms with E-state index in [0.29, 0.717) is 6.07 Å². The van der Waals surface area contributed by atoms with E-state index in [-0.39, 0.29) is 82.9 Å². The Kier molecular flexibility index (Phi) is 14.4. The van der Waals surface area contributed by atoms with E-state index >= 15 is 0 Å². The molecule has 0 saturated heterocycles. The first-order valence-corrected chi connectivity index (χ1v) is 30.5. The molecule has 9 rings (SSSR count). The van der Waals surface area contributed by atoms with Gasteiger partial charge in [-0.2, -0.15) is 55.6 Å². The first kappa shape index (κ1) is 57.0. The van der Waals surface area contributed by atoms with Crippen molar-refractivity contribution in [3.63, 3.8) is 0 Å². The summed E-state index contributed by atoms with van der Waals surface area (Å²) in [6.07, 6.45) is 0. The highest BCUT2D eigenvalue weighted by Gasteiger charge is 2.26. The van der Waals surface area contributed by atoms with Gasteiger partial charge >= 0.3 is 0 Å². The predicted molar refractivity (Wildman–Crippen MR) is 286 cm³/mol. The lowest BCUT2D eigenvalue weighted by Gasteiger charge is -2.12. The van der Waals surface area contributed by atoms with Gasteiger partial charge in [-0.25, -0.2) is 0 Å². The van der Waals surface area contributed by atoms with Crippen LogP contribution in [0.1, 0.15) is 0 Å². The summed E-state index contributed by atoms with van der Waals surface area (Å²) in [6, 6.07) is 21.8. The Balaban J connectivity index is 1.14. The second-order valence-corrected chi connectivity index (χ2v) is 25.4. The smallest absolute Gasteiger partial charge is 0.296 e. The molecule has 0 unspecified atom stereocenters. The number of fused-ring (bicyclic) bond motifs is 4. The quantitative estimate of drug-likeness (QED) is 0.0277. The van der Waals surface area contributed by atoms with Gasteiger partial charge in [0, 0.05) is 38.4 Å². The van der Waals surface area contributed by atoms with Gasteiger partial charge in [-0.05, 0) is 115 Å². The third kappa shape index (κ3) is 11.8. The maximum atomic E-state index is 12.9. The minimum atomic E-state index is -5.31. The highest BCUT2D eigenvalue weighted by atomic mass is 32.2. The summed E-state index contributed by atoms with van der Waals surface area (Å²) in [6.45, 7) is 0. The van der Waals surface area contributed by atoms with Gasteiger partial charge in [0.15, 0.2) is 5.75 Å². The van der Waals surface area contributed by atoms with Crippen LogP contribution < -0.4 is 5.73 Å². The van der Waals surface area contributed by atoms with Gasteiger partial charge < -0.3 is 15.9 Å². The fourth-order valence-corrected chi connectivity index (χ4v) is 11.2. The molecule has 9 aromatic carbocycles. The number of hydrogen-bond donors (Lipinski definition) is 9. The number of nitrogens with zero attached hydrogens (tertiary/aromatic N) is 8. The van der Waals surface area contributed by atoms with E-state index in [1.807, 2.05) is 0 Å². The molecular weight excluding hydrogens is 1190 g/mol. The van der Waals surface area contributed by atoms with E-state index in [2.05, 4.69) is 40.9 Å². The van der Waals surface area contributed by atoms with E-state index < -0.39 is 113 Å². The molecule has 0 spiro atoms. The number of phenolic OH excluding ortho intramolecular Hbond substituents is 2. The largest absolute Gasteiger partial charge is 0.507 e. The summed E-state index contributed by atoms with van der Waals surface area (Å²) in [5.41, 5.74) is 3.90. The molecule has 0 atom stereocenters. The van der Waals surface area contributed by atoms with Gasteiger partial charge in [-0.3, -0.25) is 27.3 Å². The normalized spacial score (nSPS) is 13.4. The van der Waals surface area contributed by atoms with Crippen LogP contribution >= 0.6 is 0 Å². The molecule has 10 N–H and O–H groups in total. The van der Waals surface area contributed by atoms with Crippen LogP contribution in [0.4, 0.5) is 51.2 Å². The van der Waals surface area contributed by atoms with Crippen molar-refractivity contribution in [1.29, 1.82) is 0 Å². The van der Waals surface area contributed by atoms with Gasteiger partial charge in [-0.15, -0.1) is 35.8 Å². The topological polar surface area (TPSA) is 492 Å². The van der Waals surface area contributed by atoms with Crippen molar-refractivity contribution >= 4 is 155 Å². The second kappa shape index (κ2) is 20.4. The Bertz CT molecular complexity index is 5080. The van der Waals surface area contributed by atoms with E-state index in [1.165, 1.54) is 54.6 Å². The predicted octanol–water partition coefficient (Wildman–Crippen LogP) is 10.4. The lowest BCUT2D eigenvalue weighted by molar-refractivity contribution is 0.470. The molecule has 29 nitrogen and oxygen atoms in total. The Morgan fingerprint density at radius 1 is 0.321 bits per heavy atom. The molecule has 0 saturated carbocycles. The van der Waals surface area contributed by atoms with Crippen molar-refractivity contribution in [1.82, 2.24) is 0 Å². The highest BCUT2D eigenvalue weighted by molar-refractivity contribution is 7.87. The standard InChI is InChI=1S/C46H31N9O20S6/c47-35-10-9-31-34(44(35)54-48-23-1-3-24(4-2-23)76(58,59)60)21-42(81(73,74)75)45(46(31)57)55-52-39-14-12-36(30-8-6-26(18-33(30)39)78(64,65)66)49-51-38-13-11-37(29-7-5-25(17-32(29)38)77(61,62)63)50-53-40-19-27(79(67,68)69)15-22-16-28(80(70,71)72)20-41(56)43(22)40/h1-21,56-57H,47H2,(H,58,59,60)(H,61,62,63)(H,64,65,66)(H,67,68,69)(H,70,71,72)(H,73,74,75). The van der Waals surface area contributed by atoms with Crippen molar-refractivity contribution in [2.24, 2.45) is 40.9 Å². The second-order valence-electron chi connectivity index (χ2n) is 16.9. The monoisotopic (exact) mass is 1220 g/mol. The van der Waals surface area contributed by atoms with E-state index in [9.17, 15) is 88.0 Å². The fraction of sp³-hybridized carbons (Fsp3) is 0. The lowest BCUT2D eigenvalue weighted by Crippen LogP contribution is -2.00. The maximum Gasteiger partial charge on any atom is 0.296 e. The zero-order chi connectivity index (χ0) is 58.9. The molecule has 81 heavy (non-hydrogen) atoms. The highest BCUT2D eigenvalue weighted by Crippen LogP contribution is 2.47. The van der Waals surface area contributed by atoms with E-state index in [4.69, 9.17) is 5.73 Å². The SMILES string of the molecule is Nc1ccc2c(O)c(N=Nc3ccc(N=Nc4ccc(N=Nc5cc(S(=O)(=O)O)cc6cc(S(=O)(=O)O)cc(O)c56)c5ccc(S(=O)(=O)O)cc45)c4ccc(S(=O)(=O)O)cc34)c(S(=O)(=O)O)cc2c1N=Nc1ccc(S(=O)(=O)O)cc1. The van der Waals surface area contributed by atoms with Crippen molar-refractivity contribution in [2.75, 3.05) is 5.73 Å². The molecular formula is C46H31N9O20S6. The zero-order valence-corrected chi connectivity index (χ0v) is 44.6. The van der Waals surface area contributed by atoms with Crippen molar-refractivity contribution in [2.45, 2.75) is 29.4 Å². The zero-order valence-electron chi connectivity index (χ0n) is 39.7. The average Bonchev–Trinajstić information content (AvgIpc) is 3.40. The number of hydrogen-bond acceptors (Lipinski definition) is 23. The Morgan fingerprint density at radius 2 is 0.728 bits per heavy atom. The van der Waals surface area contributed by atoms with E-state index in [0.717, 1.165) is 66.7 Å². The first-order valence-electron chi connectivity index (χ1n) is 21.8. The summed E-state index contributed by atoms with van der Waals surface area (Å²) in [4.78, 5) is -4.52. The van der Waals surface area contributed by atoms with E-state index in [1.54, 1.807) is 0 Å². The van der Waals surface area contributed by atoms with Crippen LogP contribution in [0.2, 0.25) is 0 Å². The van der Waals surface area contributed by atoms with Crippen molar-refractivity contribution in [3.05, 3.63) is 127 Å². The van der Waals surface area contributed by atoms with Gasteiger partial charge in [0.05, 0.1) is 69.7 Å². The number of azo groups is 4. The van der Waals surface area contributed by atoms with Gasteiger partial charge in [-0.1, -0.05) is 12.1 Å². The van der Waals surface area contributed by atoms with Crippen LogP contribution in [0.25, 0.3) is 43.1 Å². The van der Waals surface area contributed by atoms with Crippen molar-refractivity contribution < 1.29 is 88.0 Å². The minimum absolute atomic E-state index is 0.0121. The summed E-state index contributed by atoms with van der Waals surface area (Å²) >= 11 is 0. The maximum absolute atomic E-state index is 12.9. The number of aromatic hydroxyl groups is 2. The summed E-state index contributed by atoms with van der Waals surface area (Å²) in [5.74, 6) is -1.72. The van der Waals surface area contributed by atoms with Crippen LogP contribution in [0.5, 0.6) is 11.5 Å². The Labute approximate surface area is 455 Å². The van der Waals surface area contributed by atoms with Gasteiger partial charge in [0.1, 0.15) is 22.0 Å². The van der Waals surface area contributed by atoms with Crippen LogP contribution in [-0.2, 0) is 60.7 Å². The number of rotatable bonds is 14. The summed E-state index contributed by atoms with van der Waals surface area (Å²) in [7, 11) is -29.7. The molecule has 9 aromatic rings. The van der Waals surface area contributed by atoms with Crippen LogP contribution in [0.3, 0.4) is 0 Å². The molecule has 416 valence electrons. The van der Waals surface area contributed by atoms with Gasteiger partial charge in [0.25, 0.3) is 60.7 Å². The molecule has 35 heteroatoms. The van der Waals surface area contributed by atoms with Crippen molar-refractivity contribution in [3.8, 4) is 11.5 Å². The molecule has 0 aliphatic carbocycles.